The van der Waals surface area contributed by atoms with Gasteiger partial charge in [-0.2, -0.15) is 0 Å². The lowest BCUT2D eigenvalue weighted by molar-refractivity contribution is -0.274. The number of allylic oxidation sites excluding steroid dienone is 2. The van der Waals surface area contributed by atoms with Crippen LogP contribution >= 0.6 is 0 Å². The molecule has 1 aliphatic rings. The number of halogens is 3. The molecule has 1 aromatic carbocycles. The third-order valence-corrected chi connectivity index (χ3v) is 4.48. The van der Waals surface area contributed by atoms with Crippen LogP contribution in [-0.4, -0.2) is 33.5 Å². The Morgan fingerprint density at radius 2 is 2.00 bits per heavy atom. The molecule has 158 valence electrons. The van der Waals surface area contributed by atoms with Gasteiger partial charge in [-0.3, -0.25) is 9.59 Å². The lowest BCUT2D eigenvalue weighted by Crippen LogP contribution is -2.18. The van der Waals surface area contributed by atoms with Crippen LogP contribution in [0.15, 0.2) is 42.5 Å². The maximum atomic E-state index is 12.3. The van der Waals surface area contributed by atoms with E-state index in [2.05, 4.69) is 20.3 Å². The molecule has 1 aliphatic carbocycles. The van der Waals surface area contributed by atoms with Crippen molar-refractivity contribution in [2.75, 3.05) is 5.32 Å². The molecular weight excluding hydrogens is 403 g/mol. The van der Waals surface area contributed by atoms with E-state index < -0.39 is 29.9 Å². The van der Waals surface area contributed by atoms with Gasteiger partial charge < -0.3 is 15.2 Å². The van der Waals surface area contributed by atoms with Gasteiger partial charge in [0.25, 0.3) is 0 Å². The van der Waals surface area contributed by atoms with Gasteiger partial charge in [-0.05, 0) is 54.7 Å². The summed E-state index contributed by atoms with van der Waals surface area (Å²) in [6.45, 7) is 0. The Bertz CT molecular complexity index is 959. The minimum absolute atomic E-state index is 0.177. The van der Waals surface area contributed by atoms with Crippen molar-refractivity contribution in [3.8, 4) is 5.75 Å². The summed E-state index contributed by atoms with van der Waals surface area (Å²) in [6, 6.07) is 8.32. The Morgan fingerprint density at radius 1 is 1.20 bits per heavy atom. The van der Waals surface area contributed by atoms with Crippen LogP contribution in [0.5, 0.6) is 5.75 Å². The number of carbonyl (C=O) groups excluding carboxylic acids is 1. The van der Waals surface area contributed by atoms with Crippen molar-refractivity contribution >= 4 is 23.3 Å². The maximum absolute atomic E-state index is 12.3. The van der Waals surface area contributed by atoms with Crippen LogP contribution in [0.2, 0.25) is 0 Å². The summed E-state index contributed by atoms with van der Waals surface area (Å²) >= 11 is 0. The van der Waals surface area contributed by atoms with Gasteiger partial charge >= 0.3 is 12.3 Å². The van der Waals surface area contributed by atoms with Gasteiger partial charge in [0.1, 0.15) is 5.75 Å². The molecule has 0 saturated carbocycles. The minimum atomic E-state index is -4.81. The molecule has 7 nitrogen and oxygen atoms in total. The number of ether oxygens (including phenoxy) is 1. The predicted molar refractivity (Wildman–Crippen MR) is 100 cm³/mol. The first-order valence-electron chi connectivity index (χ1n) is 9.10. The van der Waals surface area contributed by atoms with Crippen molar-refractivity contribution in [1.82, 2.24) is 10.2 Å². The number of rotatable bonds is 6. The molecule has 0 aliphatic heterocycles. The molecule has 0 fully saturated rings. The smallest absolute Gasteiger partial charge is 0.481 e. The number of nitrogens with zero attached hydrogens (tertiary/aromatic N) is 2. The number of hydrogen-bond donors (Lipinski definition) is 2. The Labute approximate surface area is 169 Å². The highest BCUT2D eigenvalue weighted by Crippen LogP contribution is 2.30. The molecule has 1 amide bonds. The fourth-order valence-electron chi connectivity index (χ4n) is 3.12. The summed E-state index contributed by atoms with van der Waals surface area (Å²) in [5, 5.41) is 19.7. The zero-order chi connectivity index (χ0) is 21.7. The second-order valence-electron chi connectivity index (χ2n) is 6.77. The van der Waals surface area contributed by atoms with Gasteiger partial charge in [0, 0.05) is 0 Å². The molecule has 1 heterocycles. The van der Waals surface area contributed by atoms with Crippen molar-refractivity contribution in [2.45, 2.75) is 32.0 Å². The topological polar surface area (TPSA) is 101 Å². The summed E-state index contributed by atoms with van der Waals surface area (Å²) in [5.41, 5.74) is 1.67. The fraction of sp³-hybridized carbons (Fsp3) is 0.300. The van der Waals surface area contributed by atoms with Crippen molar-refractivity contribution in [3.05, 3.63) is 53.7 Å². The highest BCUT2D eigenvalue weighted by molar-refractivity contribution is 5.91. The van der Waals surface area contributed by atoms with Gasteiger partial charge in [0.15, 0.2) is 5.82 Å². The highest BCUT2D eigenvalue weighted by Gasteiger charge is 2.31. The van der Waals surface area contributed by atoms with Crippen LogP contribution in [0.4, 0.5) is 19.0 Å². The van der Waals surface area contributed by atoms with E-state index in [4.69, 9.17) is 5.11 Å². The van der Waals surface area contributed by atoms with Crippen LogP contribution in [0, 0.1) is 5.92 Å². The molecule has 1 aromatic heterocycles. The number of carbonyl (C=O) groups is 2. The maximum Gasteiger partial charge on any atom is 0.573 e. The Hall–Kier alpha value is -3.43. The largest absolute Gasteiger partial charge is 0.573 e. The van der Waals surface area contributed by atoms with E-state index in [0.717, 1.165) is 17.7 Å². The Kier molecular flexibility index (Phi) is 6.34. The average molecular weight is 421 g/mol. The third kappa shape index (κ3) is 6.03. The summed E-state index contributed by atoms with van der Waals surface area (Å²) in [5.74, 6) is -2.01. The summed E-state index contributed by atoms with van der Waals surface area (Å²) in [4.78, 5) is 23.3. The van der Waals surface area contributed by atoms with Crippen molar-refractivity contribution in [2.24, 2.45) is 5.92 Å². The number of anilines is 1. The number of alkyl halides is 3. The van der Waals surface area contributed by atoms with E-state index in [0.29, 0.717) is 30.5 Å². The Morgan fingerprint density at radius 3 is 2.67 bits per heavy atom. The van der Waals surface area contributed by atoms with Crippen LogP contribution in [0.3, 0.4) is 0 Å². The van der Waals surface area contributed by atoms with E-state index >= 15 is 0 Å². The fourth-order valence-corrected chi connectivity index (χ4v) is 3.12. The van der Waals surface area contributed by atoms with Gasteiger partial charge in [0.05, 0.1) is 18.0 Å². The van der Waals surface area contributed by atoms with Crippen LogP contribution in [0.1, 0.15) is 30.5 Å². The molecule has 2 N–H and O–H groups in total. The minimum Gasteiger partial charge on any atom is -0.481 e. The zero-order valence-electron chi connectivity index (χ0n) is 15.6. The average Bonchev–Trinajstić information content (AvgIpc) is 2.67. The molecule has 1 atom stereocenters. The molecule has 1 unspecified atom stereocenters. The summed E-state index contributed by atoms with van der Waals surface area (Å²) in [6.07, 6.45) is -1.47. The number of carboxylic acids is 1. The first-order chi connectivity index (χ1) is 14.2. The number of benzene rings is 1. The van der Waals surface area contributed by atoms with Crippen molar-refractivity contribution < 1.29 is 32.6 Å². The van der Waals surface area contributed by atoms with Crippen LogP contribution < -0.4 is 10.1 Å². The molecule has 30 heavy (non-hydrogen) atoms. The molecular formula is C20H18F3N3O4. The SMILES string of the molecule is O=C(Cc1cccc(OC(F)(F)F)c1)Nc1ccc(C2=CCCC(C(=O)O)C2)nn1. The molecule has 2 aromatic rings. The zero-order valence-corrected chi connectivity index (χ0v) is 15.6. The normalized spacial score (nSPS) is 16.5. The molecule has 0 bridgehead atoms. The number of aliphatic carboxylic acids is 1. The number of carboxylic acid groups (broad SMARTS) is 1. The molecule has 10 heteroatoms. The van der Waals surface area contributed by atoms with E-state index in [-0.39, 0.29) is 12.2 Å². The van der Waals surface area contributed by atoms with Gasteiger partial charge in [-0.1, -0.05) is 18.2 Å². The van der Waals surface area contributed by atoms with E-state index in [1.807, 2.05) is 6.08 Å². The lowest BCUT2D eigenvalue weighted by atomic mass is 9.87. The van der Waals surface area contributed by atoms with E-state index in [1.165, 1.54) is 18.2 Å². The molecule has 0 spiro atoms. The highest BCUT2D eigenvalue weighted by atomic mass is 19.4. The third-order valence-electron chi connectivity index (χ3n) is 4.48. The second-order valence-corrected chi connectivity index (χ2v) is 6.77. The summed E-state index contributed by atoms with van der Waals surface area (Å²) in [7, 11) is 0. The first kappa shape index (κ1) is 21.3. The molecule has 0 radical (unpaired) electrons. The number of hydrogen-bond acceptors (Lipinski definition) is 5. The van der Waals surface area contributed by atoms with Crippen molar-refractivity contribution in [1.29, 1.82) is 0 Å². The van der Waals surface area contributed by atoms with E-state index in [1.54, 1.807) is 6.07 Å². The van der Waals surface area contributed by atoms with E-state index in [9.17, 15) is 22.8 Å². The van der Waals surface area contributed by atoms with Crippen LogP contribution in [0.25, 0.3) is 5.57 Å². The number of aromatic nitrogens is 2. The predicted octanol–water partition coefficient (Wildman–Crippen LogP) is 3.82. The number of amides is 1. The van der Waals surface area contributed by atoms with Crippen molar-refractivity contribution in [3.63, 3.8) is 0 Å². The van der Waals surface area contributed by atoms with Gasteiger partial charge in [0.2, 0.25) is 5.91 Å². The van der Waals surface area contributed by atoms with Gasteiger partial charge in [-0.25, -0.2) is 0 Å². The lowest BCUT2D eigenvalue weighted by Gasteiger charge is -2.18. The second kappa shape index (κ2) is 8.93. The Balaban J connectivity index is 1.59. The standard InChI is InChI=1S/C20H18F3N3O4/c21-20(22,23)30-15-6-1-3-12(9-15)10-18(27)24-17-8-7-16(25-26-17)13-4-2-5-14(11-13)19(28)29/h1,3-4,6-9,14H,2,5,10-11H2,(H,28,29)(H,24,26,27). The first-order valence-corrected chi connectivity index (χ1v) is 9.10. The van der Waals surface area contributed by atoms with Gasteiger partial charge in [-0.15, -0.1) is 23.4 Å². The van der Waals surface area contributed by atoms with Crippen LogP contribution in [-0.2, 0) is 16.0 Å². The summed E-state index contributed by atoms with van der Waals surface area (Å²) < 4.78 is 40.7. The molecule has 0 saturated heterocycles. The monoisotopic (exact) mass is 421 g/mol. The quantitative estimate of drug-likeness (QED) is 0.735. The number of nitrogens with one attached hydrogen (secondary N) is 1. The molecule has 3 rings (SSSR count).